The number of carboxylic acid groups (broad SMARTS) is 1. The predicted molar refractivity (Wildman–Crippen MR) is 58.0 cm³/mol. The van der Waals surface area contributed by atoms with Crippen LogP contribution in [0.3, 0.4) is 0 Å². The monoisotopic (exact) mass is 240 g/mol. The molecule has 1 rings (SSSR count). The van der Waals surface area contributed by atoms with Crippen LogP contribution in [-0.2, 0) is 4.79 Å². The van der Waals surface area contributed by atoms with Gasteiger partial charge in [-0.15, -0.1) is 0 Å². The fourth-order valence-electron chi connectivity index (χ4n) is 1.29. The van der Waals surface area contributed by atoms with Crippen molar-refractivity contribution < 1.29 is 19.1 Å². The molecule has 0 radical (unpaired) electrons. The standard InChI is InChI=1S/C11H13FN2O3/c1-2-3-9(11(16)17)14-10(15)8-5-4-7(12)6-13-8/h4-6,9H,2-3H2,1H3,(H,14,15)(H,16,17). The highest BCUT2D eigenvalue weighted by atomic mass is 19.1. The quantitative estimate of drug-likeness (QED) is 0.810. The van der Waals surface area contributed by atoms with Crippen molar-refractivity contribution in [2.45, 2.75) is 25.8 Å². The van der Waals surface area contributed by atoms with E-state index in [4.69, 9.17) is 5.11 Å². The molecule has 6 heteroatoms. The van der Waals surface area contributed by atoms with E-state index in [1.807, 2.05) is 6.92 Å². The van der Waals surface area contributed by atoms with E-state index < -0.39 is 23.7 Å². The molecule has 0 aliphatic carbocycles. The fourth-order valence-corrected chi connectivity index (χ4v) is 1.29. The van der Waals surface area contributed by atoms with E-state index in [9.17, 15) is 14.0 Å². The van der Waals surface area contributed by atoms with E-state index in [1.54, 1.807) is 0 Å². The number of aromatic nitrogens is 1. The molecule has 1 heterocycles. The van der Waals surface area contributed by atoms with Crippen LogP contribution in [0.1, 0.15) is 30.3 Å². The number of hydrogen-bond donors (Lipinski definition) is 2. The van der Waals surface area contributed by atoms with Crippen molar-refractivity contribution in [2.75, 3.05) is 0 Å². The number of hydrogen-bond acceptors (Lipinski definition) is 3. The Morgan fingerprint density at radius 1 is 1.53 bits per heavy atom. The maximum absolute atomic E-state index is 12.6. The molecule has 1 amide bonds. The first kappa shape index (κ1) is 13.1. The van der Waals surface area contributed by atoms with Crippen LogP contribution in [0.5, 0.6) is 0 Å². The van der Waals surface area contributed by atoms with Crippen molar-refractivity contribution in [3.63, 3.8) is 0 Å². The molecular formula is C11H13FN2O3. The summed E-state index contributed by atoms with van der Waals surface area (Å²) in [5, 5.41) is 11.2. The first-order chi connectivity index (χ1) is 8.04. The Morgan fingerprint density at radius 2 is 2.24 bits per heavy atom. The first-order valence-corrected chi connectivity index (χ1v) is 5.19. The minimum absolute atomic E-state index is 0.00578. The lowest BCUT2D eigenvalue weighted by atomic mass is 10.1. The Kier molecular flexibility index (Phi) is 4.56. The second-order valence-electron chi connectivity index (χ2n) is 3.51. The summed E-state index contributed by atoms with van der Waals surface area (Å²) in [6, 6.07) is 1.35. The number of rotatable bonds is 5. The lowest BCUT2D eigenvalue weighted by Crippen LogP contribution is -2.40. The Bertz CT molecular complexity index is 406. The van der Waals surface area contributed by atoms with Gasteiger partial charge < -0.3 is 10.4 Å². The number of nitrogens with zero attached hydrogens (tertiary/aromatic N) is 1. The highest BCUT2D eigenvalue weighted by Gasteiger charge is 2.20. The number of amides is 1. The third-order valence-electron chi connectivity index (χ3n) is 2.14. The van der Waals surface area contributed by atoms with Crippen molar-refractivity contribution >= 4 is 11.9 Å². The molecular weight excluding hydrogens is 227 g/mol. The Balaban J connectivity index is 2.70. The molecule has 17 heavy (non-hydrogen) atoms. The molecule has 1 unspecified atom stereocenters. The molecule has 0 saturated heterocycles. The number of pyridine rings is 1. The second-order valence-corrected chi connectivity index (χ2v) is 3.51. The van der Waals surface area contributed by atoms with Crippen LogP contribution < -0.4 is 5.32 Å². The van der Waals surface area contributed by atoms with Gasteiger partial charge in [-0.3, -0.25) is 4.79 Å². The normalized spacial score (nSPS) is 11.9. The molecule has 0 aliphatic heterocycles. The number of halogens is 1. The van der Waals surface area contributed by atoms with Gasteiger partial charge in [-0.05, 0) is 18.6 Å². The van der Waals surface area contributed by atoms with Crippen molar-refractivity contribution in [1.82, 2.24) is 10.3 Å². The Labute approximate surface area is 97.7 Å². The minimum Gasteiger partial charge on any atom is -0.480 e. The van der Waals surface area contributed by atoms with Gasteiger partial charge in [0.25, 0.3) is 5.91 Å². The van der Waals surface area contributed by atoms with E-state index in [0.29, 0.717) is 12.8 Å². The van der Waals surface area contributed by atoms with Crippen LogP contribution >= 0.6 is 0 Å². The SMILES string of the molecule is CCCC(NC(=O)c1ccc(F)cn1)C(=O)O. The third kappa shape index (κ3) is 3.82. The van der Waals surface area contributed by atoms with Crippen molar-refractivity contribution in [1.29, 1.82) is 0 Å². The smallest absolute Gasteiger partial charge is 0.326 e. The summed E-state index contributed by atoms with van der Waals surface area (Å²) in [5.74, 6) is -2.27. The molecule has 1 aromatic heterocycles. The lowest BCUT2D eigenvalue weighted by molar-refractivity contribution is -0.139. The van der Waals surface area contributed by atoms with Gasteiger partial charge in [0.1, 0.15) is 17.6 Å². The summed E-state index contributed by atoms with van der Waals surface area (Å²) in [6.07, 6.45) is 1.88. The molecule has 0 aliphatic rings. The number of nitrogens with one attached hydrogen (secondary N) is 1. The van der Waals surface area contributed by atoms with E-state index in [2.05, 4.69) is 10.3 Å². The van der Waals surface area contributed by atoms with Crippen LogP contribution in [0.4, 0.5) is 4.39 Å². The van der Waals surface area contributed by atoms with Gasteiger partial charge in [-0.1, -0.05) is 13.3 Å². The van der Waals surface area contributed by atoms with Crippen molar-refractivity contribution in [3.05, 3.63) is 29.8 Å². The van der Waals surface area contributed by atoms with Gasteiger partial charge in [-0.2, -0.15) is 0 Å². The molecule has 5 nitrogen and oxygen atoms in total. The molecule has 1 aromatic rings. The van der Waals surface area contributed by atoms with Crippen molar-refractivity contribution in [3.8, 4) is 0 Å². The van der Waals surface area contributed by atoms with Gasteiger partial charge in [0.15, 0.2) is 0 Å². The predicted octanol–water partition coefficient (Wildman–Crippen LogP) is 1.20. The highest BCUT2D eigenvalue weighted by Crippen LogP contribution is 2.01. The van der Waals surface area contributed by atoms with Gasteiger partial charge in [0.05, 0.1) is 6.20 Å². The van der Waals surface area contributed by atoms with E-state index in [0.717, 1.165) is 12.3 Å². The zero-order valence-corrected chi connectivity index (χ0v) is 9.31. The maximum Gasteiger partial charge on any atom is 0.326 e. The van der Waals surface area contributed by atoms with Crippen LogP contribution in [-0.4, -0.2) is 28.0 Å². The second kappa shape index (κ2) is 5.93. The molecule has 0 spiro atoms. The largest absolute Gasteiger partial charge is 0.480 e. The zero-order valence-electron chi connectivity index (χ0n) is 9.31. The van der Waals surface area contributed by atoms with E-state index in [1.165, 1.54) is 6.07 Å². The third-order valence-corrected chi connectivity index (χ3v) is 2.14. The van der Waals surface area contributed by atoms with Gasteiger partial charge >= 0.3 is 5.97 Å². The average molecular weight is 240 g/mol. The molecule has 0 aromatic carbocycles. The summed E-state index contributed by atoms with van der Waals surface area (Å²) in [4.78, 5) is 26.0. The van der Waals surface area contributed by atoms with E-state index in [-0.39, 0.29) is 5.69 Å². The Morgan fingerprint density at radius 3 is 2.71 bits per heavy atom. The lowest BCUT2D eigenvalue weighted by Gasteiger charge is -2.12. The van der Waals surface area contributed by atoms with Crippen LogP contribution in [0.25, 0.3) is 0 Å². The molecule has 0 saturated carbocycles. The average Bonchev–Trinajstić information content (AvgIpc) is 2.29. The van der Waals surface area contributed by atoms with Gasteiger partial charge in [-0.25, -0.2) is 14.2 Å². The van der Waals surface area contributed by atoms with Crippen LogP contribution in [0.2, 0.25) is 0 Å². The summed E-state index contributed by atoms with van der Waals surface area (Å²) < 4.78 is 12.6. The Hall–Kier alpha value is -1.98. The molecule has 2 N–H and O–H groups in total. The van der Waals surface area contributed by atoms with Crippen LogP contribution in [0.15, 0.2) is 18.3 Å². The van der Waals surface area contributed by atoms with Crippen LogP contribution in [0, 0.1) is 5.82 Å². The maximum atomic E-state index is 12.6. The summed E-state index contributed by atoms with van der Waals surface area (Å²) >= 11 is 0. The number of carbonyl (C=O) groups is 2. The van der Waals surface area contributed by atoms with E-state index >= 15 is 0 Å². The first-order valence-electron chi connectivity index (χ1n) is 5.19. The summed E-state index contributed by atoms with van der Waals surface area (Å²) in [6.45, 7) is 1.82. The molecule has 1 atom stereocenters. The summed E-state index contributed by atoms with van der Waals surface area (Å²) in [5.41, 5.74) is -0.00578. The molecule has 92 valence electrons. The number of carboxylic acids is 1. The number of carbonyl (C=O) groups excluding carboxylic acids is 1. The summed E-state index contributed by atoms with van der Waals surface area (Å²) in [7, 11) is 0. The molecule has 0 bridgehead atoms. The number of aliphatic carboxylic acids is 1. The van der Waals surface area contributed by atoms with Crippen molar-refractivity contribution in [2.24, 2.45) is 0 Å². The van der Waals surface area contributed by atoms with Gasteiger partial charge in [0, 0.05) is 0 Å². The fraction of sp³-hybridized carbons (Fsp3) is 0.364. The highest BCUT2D eigenvalue weighted by molar-refractivity contribution is 5.94. The zero-order chi connectivity index (χ0) is 12.8. The van der Waals surface area contributed by atoms with Gasteiger partial charge in [0.2, 0.25) is 0 Å². The minimum atomic E-state index is -1.10. The topological polar surface area (TPSA) is 79.3 Å². The molecule has 0 fully saturated rings.